The highest BCUT2D eigenvalue weighted by atomic mass is 31.2. The molecule has 0 saturated carbocycles. The van der Waals surface area contributed by atoms with E-state index in [1.54, 1.807) is 9.13 Å². The molecule has 8 N–H and O–H groups in total. The lowest BCUT2D eigenvalue weighted by atomic mass is 10.0. The summed E-state index contributed by atoms with van der Waals surface area (Å²) in [6, 6.07) is 0. The lowest BCUT2D eigenvalue weighted by Gasteiger charge is -2.21. The Morgan fingerprint density at radius 1 is 0.495 bits per heavy atom. The Kier molecular flexibility index (Phi) is 44.6. The molecule has 2 aliphatic heterocycles. The van der Waals surface area contributed by atoms with E-state index < -0.39 is 44.2 Å². The van der Waals surface area contributed by atoms with Gasteiger partial charge in [0, 0.05) is 26.3 Å². The third-order valence-corrected chi connectivity index (χ3v) is 19.3. The van der Waals surface area contributed by atoms with E-state index in [9.17, 15) is 23.6 Å². The van der Waals surface area contributed by atoms with E-state index in [2.05, 4.69) is 43.8 Å². The van der Waals surface area contributed by atoms with E-state index in [-0.39, 0.29) is 94.3 Å². The summed E-state index contributed by atoms with van der Waals surface area (Å²) in [5.74, 6) is -1.22. The summed E-state index contributed by atoms with van der Waals surface area (Å²) in [7, 11) is -7.51. The van der Waals surface area contributed by atoms with Crippen LogP contribution in [0.5, 0.6) is 0 Å². The van der Waals surface area contributed by atoms with Crippen molar-refractivity contribution in [3.63, 3.8) is 0 Å². The number of fused-ring (bicyclic) bond motifs is 2. The fourth-order valence-corrected chi connectivity index (χ4v) is 13.3. The number of nitrogens with two attached hydrogens (primary N) is 2. The van der Waals surface area contributed by atoms with Crippen LogP contribution in [0.25, 0.3) is 22.3 Å². The molecule has 2 aliphatic rings. The normalized spacial score (nSPS) is 17.1. The SMILES string of the molecule is CC1(C)OCC(CO)O1.CCCCCCCCCCCCCCCCCCOCCOP(=O)(COCCn1cnc2c(=O)[nH]c(N)nc21)OCC1COC(C)(C)O1.CCCCCCCCCCCCCCCCCCOCCOP(=O)(O)COCCn1cnc2c(=O)[nH]c(N)nc21. The van der Waals surface area contributed by atoms with E-state index in [4.69, 9.17) is 68.0 Å². The van der Waals surface area contributed by atoms with Crippen molar-refractivity contribution in [2.75, 3.05) is 103 Å². The minimum Gasteiger partial charge on any atom is -0.394 e. The molecule has 2 fully saturated rings. The van der Waals surface area contributed by atoms with Gasteiger partial charge < -0.3 is 82.1 Å². The Bertz CT molecular complexity index is 2880. The van der Waals surface area contributed by atoms with Crippen LogP contribution in [0.3, 0.4) is 0 Å². The molecule has 0 aliphatic carbocycles. The first-order valence-corrected chi connectivity index (χ1v) is 40.1. The Morgan fingerprint density at radius 2 is 0.856 bits per heavy atom. The average Bonchev–Trinajstić information content (AvgIpc) is 1.69. The van der Waals surface area contributed by atoms with Crippen LogP contribution in [-0.2, 0) is 73.7 Å². The monoisotopic (exact) mass is 1420 g/mol. The van der Waals surface area contributed by atoms with E-state index >= 15 is 0 Å². The number of nitrogen functional groups attached to an aromatic ring is 2. The van der Waals surface area contributed by atoms with Gasteiger partial charge in [0.25, 0.3) is 11.1 Å². The maximum absolute atomic E-state index is 13.6. The molecule has 4 aromatic heterocycles. The van der Waals surface area contributed by atoms with Crippen molar-refractivity contribution in [3.8, 4) is 0 Å². The number of hydrogen-bond acceptors (Lipinski definition) is 22. The molecule has 97 heavy (non-hydrogen) atoms. The van der Waals surface area contributed by atoms with Gasteiger partial charge in [-0.05, 0) is 40.5 Å². The summed E-state index contributed by atoms with van der Waals surface area (Å²) in [4.78, 5) is 54.9. The standard InChI is InChI=1S/C34H62N5O8P.C28H52N5O6P.C6H12O3/c1-4-5-6-7-8-9-10-11-12-13-14-15-16-17-18-19-21-42-23-24-45-48(41,46-26-29-25-44-34(2,3)47-29)28-43-22-20-39-27-36-30-31(39)37-33(35)38-32(30)40;1-2-3-4-5-6-7-8-9-10-11-12-13-14-15-16-17-19-37-21-22-39-40(35,36)24-38-20-18-33-23-30-25-26(33)31-28(29)32-27(25)34;1-6(2)8-4-5(3-7)9-6/h27,29H,4-26,28H2,1-3H3,(H3,35,37,38,40);23H,2-22,24H2,1H3,(H,35,36)(H3,29,31,32,34);5,7H,3-4H2,1-2H3. The van der Waals surface area contributed by atoms with Crippen LogP contribution in [0.15, 0.2) is 22.2 Å². The summed E-state index contributed by atoms with van der Waals surface area (Å²) >= 11 is 0. The minimum atomic E-state index is -3.87. The van der Waals surface area contributed by atoms with Crippen LogP contribution in [0.1, 0.15) is 247 Å². The molecule has 0 radical (unpaired) electrons. The van der Waals surface area contributed by atoms with Crippen molar-refractivity contribution in [1.29, 1.82) is 0 Å². The zero-order valence-electron chi connectivity index (χ0n) is 60.0. The molecule has 0 bridgehead atoms. The smallest absolute Gasteiger partial charge is 0.356 e. The van der Waals surface area contributed by atoms with Gasteiger partial charge in [-0.25, -0.2) is 9.97 Å². The number of unbranched alkanes of at least 4 members (excludes halogenated alkanes) is 30. The van der Waals surface area contributed by atoms with Gasteiger partial charge >= 0.3 is 15.2 Å². The highest BCUT2D eigenvalue weighted by molar-refractivity contribution is 7.53. The van der Waals surface area contributed by atoms with Crippen molar-refractivity contribution in [2.45, 2.75) is 284 Å². The molecule has 0 aromatic carbocycles. The van der Waals surface area contributed by atoms with Crippen LogP contribution >= 0.6 is 15.2 Å². The Hall–Kier alpha value is -3.76. The first kappa shape index (κ1) is 85.7. The molecule has 2 saturated heterocycles. The number of nitrogens with one attached hydrogen (secondary N) is 2. The van der Waals surface area contributed by atoms with Crippen LogP contribution in [0, 0.1) is 0 Å². The van der Waals surface area contributed by atoms with Crippen LogP contribution in [-0.4, -0.2) is 165 Å². The predicted octanol–water partition coefficient (Wildman–Crippen LogP) is 13.6. The summed E-state index contributed by atoms with van der Waals surface area (Å²) in [5.41, 5.74) is 11.4. The average molecular weight is 1420 g/mol. The highest BCUT2D eigenvalue weighted by Crippen LogP contribution is 2.48. The van der Waals surface area contributed by atoms with Gasteiger partial charge in [0.2, 0.25) is 11.9 Å². The number of aromatic amines is 2. The van der Waals surface area contributed by atoms with Crippen molar-refractivity contribution in [2.24, 2.45) is 0 Å². The molecular weight excluding hydrogens is 1290 g/mol. The third-order valence-electron chi connectivity index (χ3n) is 16.6. The molecule has 29 heteroatoms. The number of anilines is 2. The minimum absolute atomic E-state index is 0.000195. The lowest BCUT2D eigenvalue weighted by molar-refractivity contribution is -0.142. The Balaban J connectivity index is 0.000000368. The molecule has 4 unspecified atom stereocenters. The summed E-state index contributed by atoms with van der Waals surface area (Å²) < 4.78 is 89.5. The van der Waals surface area contributed by atoms with Crippen molar-refractivity contribution in [1.82, 2.24) is 39.0 Å². The Morgan fingerprint density at radius 3 is 1.22 bits per heavy atom. The topological polar surface area (TPSA) is 355 Å². The number of nitrogens with zero attached hydrogens (tertiary/aromatic N) is 6. The zero-order chi connectivity index (χ0) is 70.3. The van der Waals surface area contributed by atoms with Crippen LogP contribution in [0.4, 0.5) is 11.9 Å². The quantitative estimate of drug-likeness (QED) is 0.0177. The van der Waals surface area contributed by atoms with Crippen molar-refractivity contribution in [3.05, 3.63) is 33.4 Å². The van der Waals surface area contributed by atoms with E-state index in [0.717, 1.165) is 25.7 Å². The van der Waals surface area contributed by atoms with Gasteiger partial charge in [0.15, 0.2) is 33.9 Å². The van der Waals surface area contributed by atoms with Gasteiger partial charge in [-0.1, -0.05) is 206 Å². The second-order valence-electron chi connectivity index (χ2n) is 26.3. The number of ether oxygens (including phenoxy) is 8. The van der Waals surface area contributed by atoms with E-state index in [1.807, 2.05) is 27.7 Å². The highest BCUT2D eigenvalue weighted by Gasteiger charge is 2.36. The van der Waals surface area contributed by atoms with Gasteiger partial charge in [0.05, 0.1) is 78.7 Å². The Labute approximate surface area is 577 Å². The number of imidazole rings is 2. The summed E-state index contributed by atoms with van der Waals surface area (Å²) in [5, 5.41) is 8.59. The first-order valence-electron chi connectivity index (χ1n) is 36.6. The number of rotatable bonds is 56. The zero-order valence-corrected chi connectivity index (χ0v) is 61.8. The molecule has 560 valence electrons. The number of H-pyrrole nitrogens is 2. The maximum atomic E-state index is 13.6. The summed E-state index contributed by atoms with van der Waals surface area (Å²) in [6.07, 6.45) is 44.3. The van der Waals surface area contributed by atoms with E-state index in [0.29, 0.717) is 50.9 Å². The largest absolute Gasteiger partial charge is 0.394 e. The van der Waals surface area contributed by atoms with Crippen LogP contribution in [0.2, 0.25) is 0 Å². The molecule has 6 rings (SSSR count). The number of aliphatic hydroxyl groups excluding tert-OH is 1. The molecule has 27 nitrogen and oxygen atoms in total. The molecule has 6 heterocycles. The van der Waals surface area contributed by atoms with Gasteiger partial charge in [-0.15, -0.1) is 0 Å². The molecular formula is C68H126N10O17P2. The molecule has 4 aromatic rings. The number of aromatic nitrogens is 8. The summed E-state index contributed by atoms with van der Waals surface area (Å²) in [6.45, 7) is 15.7. The molecule has 0 amide bonds. The van der Waals surface area contributed by atoms with Crippen LogP contribution < -0.4 is 22.6 Å². The molecule has 4 atom stereocenters. The third kappa shape index (κ3) is 39.3. The number of aliphatic hydroxyl groups is 1. The maximum Gasteiger partial charge on any atom is 0.356 e. The fourth-order valence-electron chi connectivity index (χ4n) is 11.2. The lowest BCUT2D eigenvalue weighted by Crippen LogP contribution is -2.24. The second-order valence-corrected chi connectivity index (χ2v) is 30.1. The van der Waals surface area contributed by atoms with Crippen molar-refractivity contribution >= 4 is 49.4 Å². The van der Waals surface area contributed by atoms with Crippen molar-refractivity contribution < 1.29 is 70.6 Å². The number of hydrogen-bond donors (Lipinski definition) is 6. The van der Waals surface area contributed by atoms with Gasteiger partial charge in [-0.2, -0.15) is 9.97 Å². The van der Waals surface area contributed by atoms with Gasteiger partial charge in [-0.3, -0.25) is 28.7 Å². The van der Waals surface area contributed by atoms with E-state index in [1.165, 1.54) is 192 Å². The molecule has 0 spiro atoms. The van der Waals surface area contributed by atoms with Gasteiger partial charge in [0.1, 0.15) is 24.9 Å². The second kappa shape index (κ2) is 50.6. The predicted molar refractivity (Wildman–Crippen MR) is 380 cm³/mol. The fraction of sp³-hybridized carbons (Fsp3) is 0.853. The first-order chi connectivity index (χ1) is 46.8.